The third kappa shape index (κ3) is 4.75. The van der Waals surface area contributed by atoms with Crippen molar-refractivity contribution in [2.45, 2.75) is 32.6 Å². The molecule has 110 valence electrons. The summed E-state index contributed by atoms with van der Waals surface area (Å²) in [6.07, 6.45) is 5.73. The van der Waals surface area contributed by atoms with Crippen molar-refractivity contribution in [2.24, 2.45) is 0 Å². The monoisotopic (exact) mass is 282 g/mol. The lowest BCUT2D eigenvalue weighted by molar-refractivity contribution is 0.112. The second kappa shape index (κ2) is 8.25. The summed E-state index contributed by atoms with van der Waals surface area (Å²) in [6, 6.07) is 15.7. The van der Waals surface area contributed by atoms with Gasteiger partial charge >= 0.3 is 0 Å². The van der Waals surface area contributed by atoms with Crippen LogP contribution in [0.15, 0.2) is 48.5 Å². The molecule has 0 unspecified atom stereocenters. The second-order valence-electron chi connectivity index (χ2n) is 5.17. The Morgan fingerprint density at radius 1 is 0.857 bits per heavy atom. The Morgan fingerprint density at radius 3 is 2.05 bits per heavy atom. The van der Waals surface area contributed by atoms with Crippen LogP contribution in [-0.2, 0) is 0 Å². The Bertz CT molecular complexity index is 541. The fourth-order valence-electron chi connectivity index (χ4n) is 2.22. The fraction of sp³-hybridized carbons (Fsp3) is 0.316. The highest BCUT2D eigenvalue weighted by Crippen LogP contribution is 2.22. The van der Waals surface area contributed by atoms with Crippen molar-refractivity contribution in [3.8, 4) is 16.9 Å². The maximum atomic E-state index is 10.6. The van der Waals surface area contributed by atoms with Crippen LogP contribution in [0.25, 0.3) is 11.1 Å². The third-order valence-electron chi connectivity index (χ3n) is 3.50. The number of ether oxygens (including phenoxy) is 1. The summed E-state index contributed by atoms with van der Waals surface area (Å²) < 4.78 is 5.73. The van der Waals surface area contributed by atoms with Gasteiger partial charge in [0.05, 0.1) is 6.61 Å². The largest absolute Gasteiger partial charge is 0.494 e. The first-order valence-electron chi connectivity index (χ1n) is 7.62. The molecule has 2 heteroatoms. The first-order valence-corrected chi connectivity index (χ1v) is 7.62. The first-order chi connectivity index (χ1) is 10.3. The van der Waals surface area contributed by atoms with Crippen LogP contribution in [0.2, 0.25) is 0 Å². The van der Waals surface area contributed by atoms with Crippen LogP contribution >= 0.6 is 0 Å². The van der Waals surface area contributed by atoms with Crippen molar-refractivity contribution in [3.63, 3.8) is 0 Å². The van der Waals surface area contributed by atoms with Crippen LogP contribution in [0.1, 0.15) is 43.0 Å². The average Bonchev–Trinajstić information content (AvgIpc) is 2.55. The highest BCUT2D eigenvalue weighted by atomic mass is 16.5. The van der Waals surface area contributed by atoms with E-state index in [2.05, 4.69) is 19.1 Å². The van der Waals surface area contributed by atoms with Gasteiger partial charge in [-0.25, -0.2) is 0 Å². The predicted molar refractivity (Wildman–Crippen MR) is 86.9 cm³/mol. The fourth-order valence-corrected chi connectivity index (χ4v) is 2.22. The van der Waals surface area contributed by atoms with Crippen molar-refractivity contribution in [1.82, 2.24) is 0 Å². The van der Waals surface area contributed by atoms with Gasteiger partial charge in [-0.1, -0.05) is 62.6 Å². The molecule has 2 aromatic carbocycles. The minimum Gasteiger partial charge on any atom is -0.494 e. The molecular weight excluding hydrogens is 260 g/mol. The maximum absolute atomic E-state index is 10.6. The van der Waals surface area contributed by atoms with E-state index < -0.39 is 0 Å². The topological polar surface area (TPSA) is 26.3 Å². The lowest BCUT2D eigenvalue weighted by atomic mass is 10.0. The number of hydrogen-bond donors (Lipinski definition) is 0. The highest BCUT2D eigenvalue weighted by molar-refractivity contribution is 5.76. The van der Waals surface area contributed by atoms with Gasteiger partial charge in [-0.05, 0) is 29.7 Å². The molecule has 2 rings (SSSR count). The van der Waals surface area contributed by atoms with Crippen LogP contribution in [0.3, 0.4) is 0 Å². The standard InChI is InChI=1S/C19H22O2/c1-2-3-4-5-14-21-19-12-10-18(11-13-19)17-8-6-16(15-20)7-9-17/h6-13,15H,2-5,14H2,1H3. The number of carbonyl (C=O) groups excluding carboxylic acids is 1. The zero-order valence-corrected chi connectivity index (χ0v) is 12.5. The van der Waals surface area contributed by atoms with Gasteiger partial charge in [0.25, 0.3) is 0 Å². The van der Waals surface area contributed by atoms with Gasteiger partial charge in [0.1, 0.15) is 12.0 Å². The van der Waals surface area contributed by atoms with Crippen LogP contribution in [0.4, 0.5) is 0 Å². The molecule has 0 spiro atoms. The average molecular weight is 282 g/mol. The van der Waals surface area contributed by atoms with Gasteiger partial charge in [0.15, 0.2) is 0 Å². The maximum Gasteiger partial charge on any atom is 0.150 e. The van der Waals surface area contributed by atoms with Gasteiger partial charge < -0.3 is 4.74 Å². The number of rotatable bonds is 8. The molecule has 0 amide bonds. The number of carbonyl (C=O) groups is 1. The molecule has 0 atom stereocenters. The molecule has 0 N–H and O–H groups in total. The van der Waals surface area contributed by atoms with E-state index in [1.807, 2.05) is 36.4 Å². The molecular formula is C19H22O2. The number of aldehydes is 1. The Morgan fingerprint density at radius 2 is 1.48 bits per heavy atom. The normalized spacial score (nSPS) is 10.3. The Kier molecular flexibility index (Phi) is 6.01. The summed E-state index contributed by atoms with van der Waals surface area (Å²) in [5.74, 6) is 0.916. The molecule has 0 aliphatic carbocycles. The van der Waals surface area contributed by atoms with E-state index in [0.29, 0.717) is 5.56 Å². The lowest BCUT2D eigenvalue weighted by Crippen LogP contribution is -1.96. The molecule has 0 saturated carbocycles. The lowest BCUT2D eigenvalue weighted by Gasteiger charge is -2.07. The van der Waals surface area contributed by atoms with Crippen LogP contribution in [-0.4, -0.2) is 12.9 Å². The van der Waals surface area contributed by atoms with E-state index in [0.717, 1.165) is 36.2 Å². The second-order valence-corrected chi connectivity index (χ2v) is 5.17. The zero-order chi connectivity index (χ0) is 14.9. The molecule has 0 saturated heterocycles. The summed E-state index contributed by atoms with van der Waals surface area (Å²) in [7, 11) is 0. The van der Waals surface area contributed by atoms with Crippen LogP contribution < -0.4 is 4.74 Å². The Balaban J connectivity index is 1.90. The van der Waals surface area contributed by atoms with E-state index in [1.165, 1.54) is 19.3 Å². The van der Waals surface area contributed by atoms with E-state index >= 15 is 0 Å². The smallest absolute Gasteiger partial charge is 0.150 e. The van der Waals surface area contributed by atoms with Crippen LogP contribution in [0.5, 0.6) is 5.75 Å². The molecule has 21 heavy (non-hydrogen) atoms. The Hall–Kier alpha value is -2.09. The number of benzene rings is 2. The van der Waals surface area contributed by atoms with E-state index in [9.17, 15) is 4.79 Å². The predicted octanol–water partition coefficient (Wildman–Crippen LogP) is 5.13. The minimum absolute atomic E-state index is 0.700. The molecule has 0 bridgehead atoms. The number of hydrogen-bond acceptors (Lipinski definition) is 2. The molecule has 0 radical (unpaired) electrons. The van der Waals surface area contributed by atoms with Gasteiger partial charge in [0.2, 0.25) is 0 Å². The van der Waals surface area contributed by atoms with Crippen molar-refractivity contribution < 1.29 is 9.53 Å². The summed E-state index contributed by atoms with van der Waals surface area (Å²) in [5, 5.41) is 0. The van der Waals surface area contributed by atoms with Gasteiger partial charge in [-0.3, -0.25) is 4.79 Å². The van der Waals surface area contributed by atoms with Gasteiger partial charge in [-0.2, -0.15) is 0 Å². The van der Waals surface area contributed by atoms with Crippen molar-refractivity contribution in [2.75, 3.05) is 6.61 Å². The van der Waals surface area contributed by atoms with Gasteiger partial charge in [0, 0.05) is 5.56 Å². The van der Waals surface area contributed by atoms with E-state index in [-0.39, 0.29) is 0 Å². The molecule has 0 aromatic heterocycles. The van der Waals surface area contributed by atoms with Crippen molar-refractivity contribution >= 4 is 6.29 Å². The zero-order valence-electron chi connectivity index (χ0n) is 12.5. The molecule has 0 aliphatic rings. The van der Waals surface area contributed by atoms with Crippen molar-refractivity contribution in [1.29, 1.82) is 0 Å². The summed E-state index contributed by atoms with van der Waals surface area (Å²) in [5.41, 5.74) is 2.94. The first kappa shape index (κ1) is 15.3. The SMILES string of the molecule is CCCCCCOc1ccc(-c2ccc(C=O)cc2)cc1. The molecule has 0 heterocycles. The molecule has 0 fully saturated rings. The van der Waals surface area contributed by atoms with E-state index in [4.69, 9.17) is 4.74 Å². The summed E-state index contributed by atoms with van der Waals surface area (Å²) >= 11 is 0. The summed E-state index contributed by atoms with van der Waals surface area (Å²) in [6.45, 7) is 2.99. The van der Waals surface area contributed by atoms with Crippen LogP contribution in [0, 0.1) is 0 Å². The minimum atomic E-state index is 0.700. The third-order valence-corrected chi connectivity index (χ3v) is 3.50. The quantitative estimate of drug-likeness (QED) is 0.496. The Labute approximate surface area is 126 Å². The highest BCUT2D eigenvalue weighted by Gasteiger charge is 1.99. The summed E-state index contributed by atoms with van der Waals surface area (Å²) in [4.78, 5) is 10.6. The molecule has 2 aromatic rings. The molecule has 0 aliphatic heterocycles. The van der Waals surface area contributed by atoms with Gasteiger partial charge in [-0.15, -0.1) is 0 Å². The van der Waals surface area contributed by atoms with E-state index in [1.54, 1.807) is 0 Å². The number of unbranched alkanes of at least 4 members (excludes halogenated alkanes) is 3. The molecule has 2 nitrogen and oxygen atoms in total. The van der Waals surface area contributed by atoms with Crippen molar-refractivity contribution in [3.05, 3.63) is 54.1 Å².